The van der Waals surface area contributed by atoms with E-state index in [1.807, 2.05) is 13.8 Å². The summed E-state index contributed by atoms with van der Waals surface area (Å²) in [6.45, 7) is 3.82. The van der Waals surface area contributed by atoms with E-state index in [-0.39, 0.29) is 11.5 Å². The third-order valence-electron chi connectivity index (χ3n) is 2.59. The summed E-state index contributed by atoms with van der Waals surface area (Å²) in [6, 6.07) is 0. The highest BCUT2D eigenvalue weighted by Gasteiger charge is 2.36. The lowest BCUT2D eigenvalue weighted by Gasteiger charge is -2.35. The molecule has 0 radical (unpaired) electrons. The standard InChI is InChI=1S/C8H15NO2/c1-8(2)6(9-11)4-3-5-7(8)10/h7,10-11H,3-5H2,1-2H3. The molecule has 0 amide bonds. The summed E-state index contributed by atoms with van der Waals surface area (Å²) in [5.41, 5.74) is 0.378. The largest absolute Gasteiger partial charge is 0.411 e. The molecule has 1 unspecified atom stereocenters. The smallest absolute Gasteiger partial charge is 0.0652 e. The predicted molar refractivity (Wildman–Crippen MR) is 42.9 cm³/mol. The van der Waals surface area contributed by atoms with E-state index in [4.69, 9.17) is 5.21 Å². The Balaban J connectivity index is 2.82. The van der Waals surface area contributed by atoms with Crippen molar-refractivity contribution in [1.82, 2.24) is 0 Å². The average Bonchev–Trinajstić information content (AvgIpc) is 1.95. The summed E-state index contributed by atoms with van der Waals surface area (Å²) < 4.78 is 0. The van der Waals surface area contributed by atoms with Crippen molar-refractivity contribution in [3.05, 3.63) is 0 Å². The first-order chi connectivity index (χ1) is 5.09. The Morgan fingerprint density at radius 3 is 2.64 bits per heavy atom. The second kappa shape index (κ2) is 2.81. The van der Waals surface area contributed by atoms with Crippen LogP contribution in [0.1, 0.15) is 33.1 Å². The van der Waals surface area contributed by atoms with Gasteiger partial charge in [0.1, 0.15) is 0 Å². The third-order valence-corrected chi connectivity index (χ3v) is 2.59. The summed E-state index contributed by atoms with van der Waals surface area (Å²) in [5.74, 6) is 0. The Morgan fingerprint density at radius 1 is 1.55 bits per heavy atom. The lowest BCUT2D eigenvalue weighted by Crippen LogP contribution is -2.40. The SMILES string of the molecule is CC1(C)C(=NO)CCCC1O. The minimum atomic E-state index is -0.359. The summed E-state index contributed by atoms with van der Waals surface area (Å²) in [7, 11) is 0. The maximum atomic E-state index is 9.55. The Bertz CT molecular complexity index is 175. The Labute approximate surface area is 66.7 Å². The van der Waals surface area contributed by atoms with Crippen molar-refractivity contribution < 1.29 is 10.3 Å². The van der Waals surface area contributed by atoms with Crippen LogP contribution in [0.2, 0.25) is 0 Å². The zero-order chi connectivity index (χ0) is 8.48. The Morgan fingerprint density at radius 2 is 2.18 bits per heavy atom. The molecule has 0 heterocycles. The van der Waals surface area contributed by atoms with Gasteiger partial charge in [0.05, 0.1) is 11.8 Å². The number of hydrogen-bond donors (Lipinski definition) is 2. The molecular formula is C8H15NO2. The van der Waals surface area contributed by atoms with Crippen LogP contribution in [-0.4, -0.2) is 22.1 Å². The van der Waals surface area contributed by atoms with Crippen molar-refractivity contribution in [2.45, 2.75) is 39.2 Å². The quantitative estimate of drug-likeness (QED) is 0.412. The van der Waals surface area contributed by atoms with Gasteiger partial charge in [-0.1, -0.05) is 19.0 Å². The van der Waals surface area contributed by atoms with Crippen LogP contribution in [0, 0.1) is 5.41 Å². The van der Waals surface area contributed by atoms with Crippen molar-refractivity contribution in [2.24, 2.45) is 10.6 Å². The molecule has 1 aliphatic rings. The summed E-state index contributed by atoms with van der Waals surface area (Å²) >= 11 is 0. The maximum Gasteiger partial charge on any atom is 0.0652 e. The lowest BCUT2D eigenvalue weighted by molar-refractivity contribution is 0.0701. The summed E-state index contributed by atoms with van der Waals surface area (Å²) in [5, 5.41) is 21.4. The van der Waals surface area contributed by atoms with Gasteiger partial charge in [-0.15, -0.1) is 0 Å². The molecule has 1 fully saturated rings. The number of hydrogen-bond acceptors (Lipinski definition) is 3. The summed E-state index contributed by atoms with van der Waals surface area (Å²) in [6.07, 6.45) is 2.18. The van der Waals surface area contributed by atoms with E-state index in [0.717, 1.165) is 25.0 Å². The first-order valence-corrected chi connectivity index (χ1v) is 3.98. The second-order valence-electron chi connectivity index (χ2n) is 3.68. The van der Waals surface area contributed by atoms with Crippen molar-refractivity contribution in [3.8, 4) is 0 Å². The molecule has 1 atom stereocenters. The van der Waals surface area contributed by atoms with Gasteiger partial charge in [0.2, 0.25) is 0 Å². The van der Waals surface area contributed by atoms with Crippen LogP contribution in [0.15, 0.2) is 5.16 Å². The normalized spacial score (nSPS) is 34.1. The predicted octanol–water partition coefficient (Wildman–Crippen LogP) is 1.39. The van der Waals surface area contributed by atoms with E-state index in [9.17, 15) is 5.11 Å². The van der Waals surface area contributed by atoms with Crippen molar-refractivity contribution in [2.75, 3.05) is 0 Å². The van der Waals surface area contributed by atoms with Gasteiger partial charge in [-0.2, -0.15) is 0 Å². The molecule has 1 rings (SSSR count). The minimum absolute atomic E-state index is 0.340. The monoisotopic (exact) mass is 157 g/mol. The third kappa shape index (κ3) is 1.38. The molecule has 0 aliphatic heterocycles. The highest BCUT2D eigenvalue weighted by atomic mass is 16.4. The molecule has 3 heteroatoms. The molecule has 0 spiro atoms. The minimum Gasteiger partial charge on any atom is -0.411 e. The van der Waals surface area contributed by atoms with Gasteiger partial charge in [-0.05, 0) is 19.3 Å². The topological polar surface area (TPSA) is 52.8 Å². The highest BCUT2D eigenvalue weighted by molar-refractivity contribution is 5.90. The molecule has 64 valence electrons. The first kappa shape index (κ1) is 8.53. The number of aliphatic hydroxyl groups excluding tert-OH is 1. The van der Waals surface area contributed by atoms with Crippen molar-refractivity contribution in [3.63, 3.8) is 0 Å². The maximum absolute atomic E-state index is 9.55. The molecular weight excluding hydrogens is 142 g/mol. The van der Waals surface area contributed by atoms with Crippen LogP contribution in [-0.2, 0) is 0 Å². The molecule has 0 aromatic rings. The summed E-state index contributed by atoms with van der Waals surface area (Å²) in [4.78, 5) is 0. The fourth-order valence-corrected chi connectivity index (χ4v) is 1.52. The Hall–Kier alpha value is -0.570. The molecule has 11 heavy (non-hydrogen) atoms. The van der Waals surface area contributed by atoms with E-state index in [2.05, 4.69) is 5.16 Å². The number of rotatable bonds is 0. The van der Waals surface area contributed by atoms with Gasteiger partial charge >= 0.3 is 0 Å². The van der Waals surface area contributed by atoms with E-state index in [1.165, 1.54) is 0 Å². The number of aliphatic hydroxyl groups is 1. The van der Waals surface area contributed by atoms with Crippen LogP contribution >= 0.6 is 0 Å². The molecule has 1 saturated carbocycles. The zero-order valence-electron chi connectivity index (χ0n) is 7.04. The first-order valence-electron chi connectivity index (χ1n) is 3.98. The number of nitrogens with zero attached hydrogens (tertiary/aromatic N) is 1. The van der Waals surface area contributed by atoms with Crippen molar-refractivity contribution in [1.29, 1.82) is 0 Å². The lowest BCUT2D eigenvalue weighted by atomic mass is 9.73. The van der Waals surface area contributed by atoms with E-state index >= 15 is 0 Å². The van der Waals surface area contributed by atoms with E-state index in [0.29, 0.717) is 0 Å². The molecule has 2 N–H and O–H groups in total. The Kier molecular flexibility index (Phi) is 2.18. The van der Waals surface area contributed by atoms with Gasteiger partial charge in [0.15, 0.2) is 0 Å². The van der Waals surface area contributed by atoms with Crippen molar-refractivity contribution >= 4 is 5.71 Å². The van der Waals surface area contributed by atoms with Gasteiger partial charge in [-0.25, -0.2) is 0 Å². The van der Waals surface area contributed by atoms with Gasteiger partial charge in [0, 0.05) is 5.41 Å². The van der Waals surface area contributed by atoms with Crippen LogP contribution in [0.25, 0.3) is 0 Å². The second-order valence-corrected chi connectivity index (χ2v) is 3.68. The molecule has 0 aromatic carbocycles. The highest BCUT2D eigenvalue weighted by Crippen LogP contribution is 2.33. The fourth-order valence-electron chi connectivity index (χ4n) is 1.52. The van der Waals surface area contributed by atoms with E-state index < -0.39 is 0 Å². The molecule has 0 aromatic heterocycles. The molecule has 3 nitrogen and oxygen atoms in total. The van der Waals surface area contributed by atoms with Crippen LogP contribution < -0.4 is 0 Å². The average molecular weight is 157 g/mol. The van der Waals surface area contributed by atoms with Gasteiger partial charge in [0.25, 0.3) is 0 Å². The van der Waals surface area contributed by atoms with E-state index in [1.54, 1.807) is 0 Å². The van der Waals surface area contributed by atoms with Crippen LogP contribution in [0.5, 0.6) is 0 Å². The molecule has 0 saturated heterocycles. The molecule has 0 bridgehead atoms. The van der Waals surface area contributed by atoms with Crippen LogP contribution in [0.3, 0.4) is 0 Å². The zero-order valence-corrected chi connectivity index (χ0v) is 7.04. The molecule has 1 aliphatic carbocycles. The fraction of sp³-hybridized carbons (Fsp3) is 0.875. The van der Waals surface area contributed by atoms with Gasteiger partial charge < -0.3 is 10.3 Å². The van der Waals surface area contributed by atoms with Gasteiger partial charge in [-0.3, -0.25) is 0 Å². The van der Waals surface area contributed by atoms with Crippen LogP contribution in [0.4, 0.5) is 0 Å². The number of oxime groups is 1.